The van der Waals surface area contributed by atoms with Gasteiger partial charge in [-0.05, 0) is 19.3 Å². The first-order valence-corrected chi connectivity index (χ1v) is 8.96. The fourth-order valence-electron chi connectivity index (χ4n) is 3.07. The quantitative estimate of drug-likeness (QED) is 0.766. The normalized spacial score (nSPS) is 24.7. The smallest absolute Gasteiger partial charge is 0.214 e. The molecule has 5 heteroatoms. The van der Waals surface area contributed by atoms with Crippen LogP contribution in [-0.2, 0) is 10.0 Å². The molecule has 2 aliphatic rings. The molecule has 1 aliphatic carbocycles. The fraction of sp³-hybridized carbons (Fsp3) is 1.00. The first-order chi connectivity index (χ1) is 8.63. The Bertz CT molecular complexity index is 342. The maximum absolute atomic E-state index is 12.1. The molecule has 0 bridgehead atoms. The molecule has 2 rings (SSSR count). The van der Waals surface area contributed by atoms with Gasteiger partial charge in [0.2, 0.25) is 10.0 Å². The number of unbranched alkanes of at least 4 members (excludes halogenated alkanes) is 1. The molecule has 0 radical (unpaired) electrons. The molecule has 0 aromatic heterocycles. The highest BCUT2D eigenvalue weighted by Crippen LogP contribution is 2.24. The lowest BCUT2D eigenvalue weighted by Gasteiger charge is -2.37. The maximum atomic E-state index is 12.1. The van der Waals surface area contributed by atoms with Crippen LogP contribution in [-0.4, -0.2) is 55.6 Å². The zero-order valence-corrected chi connectivity index (χ0v) is 12.3. The molecule has 1 saturated carbocycles. The van der Waals surface area contributed by atoms with Gasteiger partial charge >= 0.3 is 0 Å². The van der Waals surface area contributed by atoms with E-state index in [2.05, 4.69) is 4.90 Å². The van der Waals surface area contributed by atoms with Crippen molar-refractivity contribution in [3.8, 4) is 0 Å². The Hall–Kier alpha value is -0.130. The molecule has 0 aromatic rings. The molecule has 18 heavy (non-hydrogen) atoms. The van der Waals surface area contributed by atoms with Crippen molar-refractivity contribution >= 4 is 10.0 Å². The molecule has 0 unspecified atom stereocenters. The Morgan fingerprint density at radius 3 is 2.22 bits per heavy atom. The number of hydrogen-bond donors (Lipinski definition) is 0. The molecule has 2 fully saturated rings. The summed E-state index contributed by atoms with van der Waals surface area (Å²) in [5.41, 5.74) is 0. The molecule has 1 saturated heterocycles. The largest absolute Gasteiger partial charge is 0.298 e. The fourth-order valence-corrected chi connectivity index (χ4v) is 4.70. The average Bonchev–Trinajstić information content (AvgIpc) is 2.90. The molecule has 0 aromatic carbocycles. The summed E-state index contributed by atoms with van der Waals surface area (Å²) >= 11 is 0. The molecule has 0 N–H and O–H groups in total. The zero-order chi connectivity index (χ0) is 13.0. The van der Waals surface area contributed by atoms with Crippen molar-refractivity contribution in [2.75, 3.05) is 31.9 Å². The van der Waals surface area contributed by atoms with Crippen molar-refractivity contribution in [1.82, 2.24) is 9.21 Å². The van der Waals surface area contributed by atoms with Crippen molar-refractivity contribution < 1.29 is 8.42 Å². The third kappa shape index (κ3) is 3.45. The lowest BCUT2D eigenvalue weighted by molar-refractivity contribution is 0.139. The minimum Gasteiger partial charge on any atom is -0.298 e. The van der Waals surface area contributed by atoms with E-state index in [1.807, 2.05) is 6.92 Å². The van der Waals surface area contributed by atoms with Crippen LogP contribution in [0.2, 0.25) is 0 Å². The molecule has 1 aliphatic heterocycles. The lowest BCUT2D eigenvalue weighted by atomic mass is 10.2. The second kappa shape index (κ2) is 6.35. The first kappa shape index (κ1) is 14.3. The third-order valence-corrected chi connectivity index (χ3v) is 6.22. The topological polar surface area (TPSA) is 40.6 Å². The third-order valence-electron chi connectivity index (χ3n) is 4.26. The van der Waals surface area contributed by atoms with Gasteiger partial charge in [-0.2, -0.15) is 4.31 Å². The monoisotopic (exact) mass is 274 g/mol. The second-order valence-electron chi connectivity index (χ2n) is 5.54. The van der Waals surface area contributed by atoms with E-state index in [1.165, 1.54) is 25.7 Å². The minimum absolute atomic E-state index is 0.326. The highest BCUT2D eigenvalue weighted by molar-refractivity contribution is 7.89. The van der Waals surface area contributed by atoms with Gasteiger partial charge < -0.3 is 0 Å². The second-order valence-corrected chi connectivity index (χ2v) is 7.63. The minimum atomic E-state index is -2.99. The lowest BCUT2D eigenvalue weighted by Crippen LogP contribution is -2.51. The highest BCUT2D eigenvalue weighted by Gasteiger charge is 2.30. The van der Waals surface area contributed by atoms with E-state index in [0.717, 1.165) is 32.0 Å². The van der Waals surface area contributed by atoms with Crippen LogP contribution >= 0.6 is 0 Å². The van der Waals surface area contributed by atoms with Gasteiger partial charge in [0.25, 0.3) is 0 Å². The Kier molecular flexibility index (Phi) is 5.04. The average molecular weight is 274 g/mol. The first-order valence-electron chi connectivity index (χ1n) is 7.35. The van der Waals surface area contributed by atoms with Crippen molar-refractivity contribution in [1.29, 1.82) is 0 Å². The molecule has 0 atom stereocenters. The van der Waals surface area contributed by atoms with Crippen molar-refractivity contribution in [2.45, 2.75) is 51.5 Å². The summed E-state index contributed by atoms with van der Waals surface area (Å²) in [6.45, 7) is 5.28. The number of piperazine rings is 1. The molecular formula is C13H26N2O2S. The SMILES string of the molecule is CCCCS(=O)(=O)N1CCN(C2CCCC2)CC1. The van der Waals surface area contributed by atoms with E-state index in [4.69, 9.17) is 0 Å². The molecule has 0 spiro atoms. The van der Waals surface area contributed by atoms with E-state index in [0.29, 0.717) is 18.8 Å². The summed E-state index contributed by atoms with van der Waals surface area (Å²) in [7, 11) is -2.99. The molecular weight excluding hydrogens is 248 g/mol. The Morgan fingerprint density at radius 1 is 1.06 bits per heavy atom. The summed E-state index contributed by atoms with van der Waals surface area (Å²) in [6.07, 6.45) is 7.04. The maximum Gasteiger partial charge on any atom is 0.214 e. The summed E-state index contributed by atoms with van der Waals surface area (Å²) in [4.78, 5) is 2.50. The van der Waals surface area contributed by atoms with E-state index in [9.17, 15) is 8.42 Å². The van der Waals surface area contributed by atoms with E-state index in [1.54, 1.807) is 4.31 Å². The van der Waals surface area contributed by atoms with Crippen LogP contribution in [0.3, 0.4) is 0 Å². The van der Waals surface area contributed by atoms with Gasteiger partial charge in [0, 0.05) is 32.2 Å². The predicted molar refractivity (Wildman–Crippen MR) is 74.1 cm³/mol. The van der Waals surface area contributed by atoms with Gasteiger partial charge in [0.15, 0.2) is 0 Å². The van der Waals surface area contributed by atoms with Crippen LogP contribution in [0.25, 0.3) is 0 Å². The Labute approximate surface area is 111 Å². The van der Waals surface area contributed by atoms with E-state index < -0.39 is 10.0 Å². The summed E-state index contributed by atoms with van der Waals surface area (Å²) in [6, 6.07) is 0.727. The standard InChI is InChI=1S/C13H26N2O2S/c1-2-3-12-18(16,17)15-10-8-14(9-11-15)13-6-4-5-7-13/h13H,2-12H2,1H3. The van der Waals surface area contributed by atoms with Crippen LogP contribution < -0.4 is 0 Å². The van der Waals surface area contributed by atoms with Gasteiger partial charge in [-0.1, -0.05) is 26.2 Å². The van der Waals surface area contributed by atoms with E-state index in [-0.39, 0.29) is 0 Å². The van der Waals surface area contributed by atoms with Gasteiger partial charge in [-0.3, -0.25) is 4.90 Å². The molecule has 106 valence electrons. The van der Waals surface area contributed by atoms with Gasteiger partial charge in [0.05, 0.1) is 5.75 Å². The van der Waals surface area contributed by atoms with Gasteiger partial charge in [0.1, 0.15) is 0 Å². The molecule has 1 heterocycles. The van der Waals surface area contributed by atoms with Crippen LogP contribution in [0.1, 0.15) is 45.4 Å². The van der Waals surface area contributed by atoms with Gasteiger partial charge in [-0.15, -0.1) is 0 Å². The van der Waals surface area contributed by atoms with Crippen molar-refractivity contribution in [2.24, 2.45) is 0 Å². The summed E-state index contributed by atoms with van der Waals surface area (Å²) in [5, 5.41) is 0. The zero-order valence-electron chi connectivity index (χ0n) is 11.5. The van der Waals surface area contributed by atoms with Crippen molar-refractivity contribution in [3.63, 3.8) is 0 Å². The van der Waals surface area contributed by atoms with Crippen LogP contribution in [0.5, 0.6) is 0 Å². The highest BCUT2D eigenvalue weighted by atomic mass is 32.2. The van der Waals surface area contributed by atoms with E-state index >= 15 is 0 Å². The molecule has 0 amide bonds. The predicted octanol–water partition coefficient (Wildman–Crippen LogP) is 1.68. The van der Waals surface area contributed by atoms with Gasteiger partial charge in [-0.25, -0.2) is 8.42 Å². The number of sulfonamides is 1. The Morgan fingerprint density at radius 2 is 1.67 bits per heavy atom. The van der Waals surface area contributed by atoms with Crippen LogP contribution in [0.15, 0.2) is 0 Å². The number of hydrogen-bond acceptors (Lipinski definition) is 3. The van der Waals surface area contributed by atoms with Crippen LogP contribution in [0, 0.1) is 0 Å². The Balaban J connectivity index is 1.82. The molecule has 4 nitrogen and oxygen atoms in total. The number of nitrogens with zero attached hydrogens (tertiary/aromatic N) is 2. The van der Waals surface area contributed by atoms with Crippen molar-refractivity contribution in [3.05, 3.63) is 0 Å². The summed E-state index contributed by atoms with van der Waals surface area (Å²) < 4.78 is 25.9. The number of rotatable bonds is 5. The summed E-state index contributed by atoms with van der Waals surface area (Å²) in [5.74, 6) is 0.326. The van der Waals surface area contributed by atoms with Crippen LogP contribution in [0.4, 0.5) is 0 Å².